The van der Waals surface area contributed by atoms with Gasteiger partial charge in [-0.15, -0.1) is 0 Å². The first-order valence-electron chi connectivity index (χ1n) is 8.10. The maximum Gasteiger partial charge on any atom is 0.226 e. The fourth-order valence-corrected chi connectivity index (χ4v) is 3.78. The van der Waals surface area contributed by atoms with Crippen molar-refractivity contribution in [1.29, 1.82) is 0 Å². The number of fused-ring (bicyclic) bond motifs is 4. The number of nitrogens with zero attached hydrogens (tertiary/aromatic N) is 3. The number of imidazole rings is 1. The smallest absolute Gasteiger partial charge is 0.226 e. The fourth-order valence-electron chi connectivity index (χ4n) is 3.61. The van der Waals surface area contributed by atoms with E-state index in [2.05, 4.69) is 73.8 Å². The van der Waals surface area contributed by atoms with E-state index >= 15 is 0 Å². The molecule has 0 amide bonds. The van der Waals surface area contributed by atoms with E-state index in [0.29, 0.717) is 11.5 Å². The second-order valence-electron chi connectivity index (χ2n) is 6.05. The number of hydrogen-bond acceptors (Lipinski definition) is 4. The van der Waals surface area contributed by atoms with Crippen LogP contribution in [0.4, 0.5) is 5.82 Å². The van der Waals surface area contributed by atoms with Crippen LogP contribution in [0.15, 0.2) is 54.9 Å². The molecule has 0 saturated heterocycles. The summed E-state index contributed by atoms with van der Waals surface area (Å²) in [5.74, 6) is 0.938. The van der Waals surface area contributed by atoms with Crippen LogP contribution in [0.1, 0.15) is 17.0 Å². The van der Waals surface area contributed by atoms with Gasteiger partial charge < -0.3 is 10.3 Å². The summed E-state index contributed by atoms with van der Waals surface area (Å²) in [6.07, 6.45) is 1.60. The quantitative estimate of drug-likeness (QED) is 0.544. The second kappa shape index (κ2) is 5.57. The third-order valence-electron chi connectivity index (χ3n) is 4.69. The van der Waals surface area contributed by atoms with Crippen LogP contribution in [0.2, 0.25) is 5.28 Å². The molecule has 4 aromatic rings. The Labute approximate surface area is 149 Å². The molecule has 2 aromatic carbocycles. The van der Waals surface area contributed by atoms with E-state index in [-0.39, 0.29) is 11.2 Å². The Morgan fingerprint density at radius 1 is 0.960 bits per heavy atom. The van der Waals surface area contributed by atoms with Crippen LogP contribution in [0.25, 0.3) is 22.3 Å². The minimum Gasteiger partial charge on any atom is -0.367 e. The highest BCUT2D eigenvalue weighted by Gasteiger charge is 2.28. The Morgan fingerprint density at radius 2 is 1.64 bits per heavy atom. The normalized spacial score (nSPS) is 13.0. The number of anilines is 1. The maximum atomic E-state index is 6.02. The fraction of sp³-hybridized carbons (Fsp3) is 0.105. The van der Waals surface area contributed by atoms with Crippen molar-refractivity contribution in [3.63, 3.8) is 0 Å². The van der Waals surface area contributed by atoms with Gasteiger partial charge in [0.15, 0.2) is 11.5 Å². The number of H-pyrrole nitrogens is 1. The highest BCUT2D eigenvalue weighted by Crippen LogP contribution is 2.44. The third-order valence-corrected chi connectivity index (χ3v) is 4.86. The molecule has 122 valence electrons. The second-order valence-corrected chi connectivity index (χ2v) is 6.39. The van der Waals surface area contributed by atoms with Crippen molar-refractivity contribution >= 4 is 28.6 Å². The Hall–Kier alpha value is -2.92. The largest absolute Gasteiger partial charge is 0.367 e. The predicted octanol–water partition coefficient (Wildman–Crippen LogP) is 4.23. The van der Waals surface area contributed by atoms with Crippen molar-refractivity contribution < 1.29 is 0 Å². The van der Waals surface area contributed by atoms with Gasteiger partial charge in [0.05, 0.1) is 6.33 Å². The standard InChI is InChI=1S/C19H14ClN5/c20-19-24-17(16-18(25-19)23-10-22-16)21-9-15-13-7-3-1-5-11(13)12-6-2-4-8-14(12)15/h1-8,10,15H,9H2,(H2,21,22,23,24,25). The van der Waals surface area contributed by atoms with Crippen molar-refractivity contribution in [2.45, 2.75) is 5.92 Å². The molecular formula is C19H14ClN5. The zero-order valence-corrected chi connectivity index (χ0v) is 14.0. The lowest BCUT2D eigenvalue weighted by atomic mass is 9.97. The molecule has 0 unspecified atom stereocenters. The summed E-state index contributed by atoms with van der Waals surface area (Å²) in [5, 5.41) is 3.62. The third kappa shape index (κ3) is 2.27. The van der Waals surface area contributed by atoms with Crippen LogP contribution in [0.5, 0.6) is 0 Å². The van der Waals surface area contributed by atoms with Crippen molar-refractivity contribution in [2.24, 2.45) is 0 Å². The molecule has 0 fully saturated rings. The van der Waals surface area contributed by atoms with Gasteiger partial charge in [-0.25, -0.2) is 4.98 Å². The van der Waals surface area contributed by atoms with Crippen LogP contribution in [0.3, 0.4) is 0 Å². The summed E-state index contributed by atoms with van der Waals surface area (Å²) in [5.41, 5.74) is 6.60. The van der Waals surface area contributed by atoms with E-state index in [1.165, 1.54) is 22.3 Å². The molecular weight excluding hydrogens is 334 g/mol. The van der Waals surface area contributed by atoms with Gasteiger partial charge in [-0.2, -0.15) is 9.97 Å². The molecule has 1 aliphatic carbocycles. The maximum absolute atomic E-state index is 6.02. The molecule has 2 N–H and O–H groups in total. The van der Waals surface area contributed by atoms with Gasteiger partial charge in [-0.05, 0) is 33.9 Å². The average molecular weight is 348 g/mol. The highest BCUT2D eigenvalue weighted by atomic mass is 35.5. The summed E-state index contributed by atoms with van der Waals surface area (Å²) in [4.78, 5) is 15.7. The number of halogens is 1. The Kier molecular flexibility index (Phi) is 3.21. The average Bonchev–Trinajstić information content (AvgIpc) is 3.22. The molecule has 0 bridgehead atoms. The highest BCUT2D eigenvalue weighted by molar-refractivity contribution is 6.28. The van der Waals surface area contributed by atoms with Crippen molar-refractivity contribution in [2.75, 3.05) is 11.9 Å². The van der Waals surface area contributed by atoms with E-state index in [1.54, 1.807) is 6.33 Å². The zero-order valence-electron chi connectivity index (χ0n) is 13.2. The molecule has 0 spiro atoms. The van der Waals surface area contributed by atoms with E-state index in [9.17, 15) is 0 Å². The lowest BCUT2D eigenvalue weighted by Gasteiger charge is -2.15. The van der Waals surface area contributed by atoms with Crippen molar-refractivity contribution in [1.82, 2.24) is 19.9 Å². The van der Waals surface area contributed by atoms with E-state index in [4.69, 9.17) is 11.6 Å². The van der Waals surface area contributed by atoms with Gasteiger partial charge in [-0.1, -0.05) is 48.5 Å². The van der Waals surface area contributed by atoms with Crippen LogP contribution < -0.4 is 5.32 Å². The Bertz CT molecular complexity index is 1040. The van der Waals surface area contributed by atoms with E-state index < -0.39 is 0 Å². The summed E-state index contributed by atoms with van der Waals surface area (Å²) in [6.45, 7) is 0.718. The van der Waals surface area contributed by atoms with Crippen LogP contribution in [-0.4, -0.2) is 26.5 Å². The number of hydrogen-bond donors (Lipinski definition) is 2. The summed E-state index contributed by atoms with van der Waals surface area (Å²) < 4.78 is 0. The molecule has 2 heterocycles. The van der Waals surface area contributed by atoms with E-state index in [1.807, 2.05) is 0 Å². The monoisotopic (exact) mass is 347 g/mol. The molecule has 5 rings (SSSR count). The Balaban J connectivity index is 1.53. The molecule has 6 heteroatoms. The minimum atomic E-state index is 0.189. The van der Waals surface area contributed by atoms with Crippen molar-refractivity contribution in [3.05, 3.63) is 71.3 Å². The lowest BCUT2D eigenvalue weighted by molar-refractivity contribution is 0.873. The lowest BCUT2D eigenvalue weighted by Crippen LogP contribution is -2.13. The predicted molar refractivity (Wildman–Crippen MR) is 98.9 cm³/mol. The first-order valence-corrected chi connectivity index (χ1v) is 8.48. The van der Waals surface area contributed by atoms with Gasteiger partial charge in [-0.3, -0.25) is 0 Å². The van der Waals surface area contributed by atoms with Gasteiger partial charge >= 0.3 is 0 Å². The van der Waals surface area contributed by atoms with Gasteiger partial charge in [0.2, 0.25) is 5.28 Å². The molecule has 1 aliphatic rings. The summed E-state index contributed by atoms with van der Waals surface area (Å²) in [6, 6.07) is 17.1. The number of benzene rings is 2. The van der Waals surface area contributed by atoms with Crippen LogP contribution in [-0.2, 0) is 0 Å². The van der Waals surface area contributed by atoms with E-state index in [0.717, 1.165) is 12.1 Å². The molecule has 0 radical (unpaired) electrons. The number of rotatable bonds is 3. The first kappa shape index (κ1) is 14.4. The minimum absolute atomic E-state index is 0.189. The van der Waals surface area contributed by atoms with Gasteiger partial charge in [0.25, 0.3) is 0 Å². The summed E-state index contributed by atoms with van der Waals surface area (Å²) in [7, 11) is 0. The topological polar surface area (TPSA) is 66.5 Å². The number of aromatic amines is 1. The zero-order chi connectivity index (χ0) is 16.8. The number of nitrogens with one attached hydrogen (secondary N) is 2. The number of aromatic nitrogens is 4. The molecule has 5 nitrogen and oxygen atoms in total. The molecule has 0 saturated carbocycles. The van der Waals surface area contributed by atoms with Crippen molar-refractivity contribution in [3.8, 4) is 11.1 Å². The summed E-state index contributed by atoms with van der Waals surface area (Å²) >= 11 is 6.02. The van der Waals surface area contributed by atoms with Gasteiger partial charge in [0, 0.05) is 12.5 Å². The van der Waals surface area contributed by atoms with Crippen LogP contribution in [0, 0.1) is 0 Å². The molecule has 25 heavy (non-hydrogen) atoms. The van der Waals surface area contributed by atoms with Gasteiger partial charge in [0.1, 0.15) is 5.52 Å². The molecule has 2 aromatic heterocycles. The molecule has 0 atom stereocenters. The Morgan fingerprint density at radius 3 is 2.36 bits per heavy atom. The first-order chi connectivity index (χ1) is 12.3. The molecule has 0 aliphatic heterocycles. The van der Waals surface area contributed by atoms with Crippen LogP contribution >= 0.6 is 11.6 Å². The SMILES string of the molecule is Clc1nc(NCC2c3ccccc3-c3ccccc32)c2[nH]cnc2n1.